The first-order chi connectivity index (χ1) is 15.1. The van der Waals surface area contributed by atoms with Crippen LogP contribution in [-0.2, 0) is 14.3 Å². The van der Waals surface area contributed by atoms with Crippen LogP contribution in [0.25, 0.3) is 6.08 Å². The third kappa shape index (κ3) is 10.0. The van der Waals surface area contributed by atoms with E-state index < -0.39 is 17.5 Å². The number of aliphatic hydroxyl groups is 1. The minimum absolute atomic E-state index is 0.000574. The smallest absolute Gasteiger partial charge is 0.308 e. The van der Waals surface area contributed by atoms with Crippen molar-refractivity contribution < 1.29 is 19.4 Å². The van der Waals surface area contributed by atoms with E-state index in [1.165, 1.54) is 0 Å². The van der Waals surface area contributed by atoms with Crippen molar-refractivity contribution >= 4 is 29.2 Å². The summed E-state index contributed by atoms with van der Waals surface area (Å²) in [5.41, 5.74) is 0.116. The van der Waals surface area contributed by atoms with E-state index in [4.69, 9.17) is 4.74 Å². The first-order valence-corrected chi connectivity index (χ1v) is 12.2. The molecule has 5 nitrogen and oxygen atoms in total. The molecule has 3 atom stereocenters. The van der Waals surface area contributed by atoms with Gasteiger partial charge in [-0.2, -0.15) is 0 Å². The zero-order valence-corrected chi connectivity index (χ0v) is 21.2. The summed E-state index contributed by atoms with van der Waals surface area (Å²) in [6, 6.07) is 0. The number of cyclic esters (lactones) is 1. The van der Waals surface area contributed by atoms with Crippen LogP contribution in [0.1, 0.15) is 71.0 Å². The van der Waals surface area contributed by atoms with Gasteiger partial charge in [0.2, 0.25) is 0 Å². The highest BCUT2D eigenvalue weighted by Crippen LogP contribution is 2.31. The maximum atomic E-state index is 12.7. The topological polar surface area (TPSA) is 76.5 Å². The van der Waals surface area contributed by atoms with Gasteiger partial charge in [-0.15, -0.1) is 11.3 Å². The molecule has 2 heterocycles. The largest absolute Gasteiger partial charge is 0.465 e. The van der Waals surface area contributed by atoms with Gasteiger partial charge in [0.15, 0.2) is 0 Å². The molecule has 1 aliphatic rings. The summed E-state index contributed by atoms with van der Waals surface area (Å²) in [5.74, 6) is -0.219. The summed E-state index contributed by atoms with van der Waals surface area (Å²) in [4.78, 5) is 28.7. The number of thiazole rings is 1. The molecular formula is C26H39NO4S. The van der Waals surface area contributed by atoms with Crippen molar-refractivity contribution in [2.24, 2.45) is 17.3 Å². The molecule has 178 valence electrons. The minimum atomic E-state index is -1.02. The number of esters is 1. The van der Waals surface area contributed by atoms with E-state index in [9.17, 15) is 14.7 Å². The molecule has 6 heteroatoms. The molecule has 0 radical (unpaired) electrons. The van der Waals surface area contributed by atoms with E-state index in [1.807, 2.05) is 51.2 Å². The monoisotopic (exact) mass is 461 g/mol. The predicted molar refractivity (Wildman–Crippen MR) is 132 cm³/mol. The Morgan fingerprint density at radius 3 is 2.53 bits per heavy atom. The zero-order valence-electron chi connectivity index (χ0n) is 20.3. The predicted octanol–water partition coefficient (Wildman–Crippen LogP) is 5.93. The van der Waals surface area contributed by atoms with Gasteiger partial charge in [0, 0.05) is 11.3 Å². The van der Waals surface area contributed by atoms with E-state index in [1.54, 1.807) is 25.2 Å². The average Bonchev–Trinajstić information content (AvgIpc) is 3.14. The van der Waals surface area contributed by atoms with Gasteiger partial charge < -0.3 is 9.84 Å². The van der Waals surface area contributed by atoms with Gasteiger partial charge >= 0.3 is 5.97 Å². The summed E-state index contributed by atoms with van der Waals surface area (Å²) in [6.45, 7) is 11.7. The van der Waals surface area contributed by atoms with Crippen LogP contribution in [0.15, 0.2) is 35.8 Å². The molecule has 0 aromatic carbocycles. The van der Waals surface area contributed by atoms with Crippen LogP contribution in [0.3, 0.4) is 0 Å². The molecule has 32 heavy (non-hydrogen) atoms. The maximum absolute atomic E-state index is 12.7. The number of carbonyl (C=O) groups excluding carboxylic acids is 2. The third-order valence-electron chi connectivity index (χ3n) is 5.48. The Morgan fingerprint density at radius 2 is 1.91 bits per heavy atom. The van der Waals surface area contributed by atoms with E-state index in [2.05, 4.69) is 23.4 Å². The maximum Gasteiger partial charge on any atom is 0.308 e. The van der Waals surface area contributed by atoms with Gasteiger partial charge in [0.1, 0.15) is 5.78 Å². The molecule has 1 aliphatic heterocycles. The zero-order chi connectivity index (χ0) is 24.1. The molecular weight excluding hydrogens is 422 g/mol. The molecule has 1 aromatic heterocycles. The lowest BCUT2D eigenvalue weighted by atomic mass is 9.74. The molecule has 0 saturated carbocycles. The lowest BCUT2D eigenvalue weighted by Gasteiger charge is -2.32. The molecule has 0 aliphatic carbocycles. The second-order valence-corrected chi connectivity index (χ2v) is 10.0. The van der Waals surface area contributed by atoms with Gasteiger partial charge in [-0.05, 0) is 45.1 Å². The lowest BCUT2D eigenvalue weighted by molar-refractivity contribution is -0.150. The number of ketones is 1. The van der Waals surface area contributed by atoms with Crippen LogP contribution in [0.4, 0.5) is 0 Å². The first kappa shape index (κ1) is 28.0. The fourth-order valence-corrected chi connectivity index (χ4v) is 4.09. The first-order valence-electron chi connectivity index (χ1n) is 11.3. The number of ether oxygens (including phenoxy) is 1. The Bertz CT molecular complexity index is 807. The van der Waals surface area contributed by atoms with Gasteiger partial charge in [0.25, 0.3) is 0 Å². The Hall–Kier alpha value is -2.05. The molecule has 1 aromatic rings. The number of aliphatic hydroxyl groups excluding tert-OH is 1. The van der Waals surface area contributed by atoms with Crippen molar-refractivity contribution in [1.29, 1.82) is 0 Å². The molecule has 2 rings (SSSR count). The van der Waals surface area contributed by atoms with Gasteiger partial charge in [-0.1, -0.05) is 58.1 Å². The second-order valence-electron chi connectivity index (χ2n) is 8.94. The van der Waals surface area contributed by atoms with E-state index in [-0.39, 0.29) is 24.7 Å². The van der Waals surface area contributed by atoms with Gasteiger partial charge in [0.05, 0.1) is 35.2 Å². The van der Waals surface area contributed by atoms with Crippen molar-refractivity contribution in [3.05, 3.63) is 46.5 Å². The number of Topliss-reactive ketones (excluding diaryl/α,β-unsaturated/α-hetero) is 1. The molecule has 0 amide bonds. The molecule has 0 spiro atoms. The minimum Gasteiger partial charge on any atom is -0.465 e. The number of nitrogens with zero attached hydrogens (tertiary/aromatic N) is 1. The molecule has 1 N–H and O–H groups in total. The highest BCUT2D eigenvalue weighted by Gasteiger charge is 2.39. The fourth-order valence-electron chi connectivity index (χ4n) is 3.51. The van der Waals surface area contributed by atoms with Crippen LogP contribution < -0.4 is 0 Å². The standard InChI is InChI=1S/C19H30O4.C7H9NS/c1-14-10-8-6-5-7-9-11-23-17(21)13-16(20)19(3,4)18(22)15(2)12-14;1-3-4-7-5-9-6(2)8-7/h5-8,14-16,20H,9-13H2,1-4H3;3-5H,1-2H3/b7-5-,8-6+;4-3-. The number of hydrogen-bond acceptors (Lipinski definition) is 6. The number of aryl methyl sites for hydroxylation is 1. The van der Waals surface area contributed by atoms with E-state index >= 15 is 0 Å². The number of hydrogen-bond donors (Lipinski definition) is 1. The Morgan fingerprint density at radius 1 is 1.22 bits per heavy atom. The Balaban J connectivity index is 0.000000471. The quantitative estimate of drug-likeness (QED) is 0.525. The SMILES string of the molecule is C/C=C\c1csc(C)n1.CC1C/C=C/C=C\CCOC(=O)CC(O)C(C)(C)C(=O)C(C)C1. The van der Waals surface area contributed by atoms with Crippen molar-refractivity contribution in [1.82, 2.24) is 4.98 Å². The highest BCUT2D eigenvalue weighted by molar-refractivity contribution is 7.09. The number of allylic oxidation sites excluding steroid dienone is 4. The number of aromatic nitrogens is 1. The highest BCUT2D eigenvalue weighted by atomic mass is 32.1. The molecule has 3 unspecified atom stereocenters. The number of rotatable bonds is 1. The lowest BCUT2D eigenvalue weighted by Crippen LogP contribution is -2.42. The van der Waals surface area contributed by atoms with Crippen LogP contribution in [-0.4, -0.2) is 34.6 Å². The fraction of sp³-hybridized carbons (Fsp3) is 0.577. The summed E-state index contributed by atoms with van der Waals surface area (Å²) in [6.07, 6.45) is 13.1. The summed E-state index contributed by atoms with van der Waals surface area (Å²) < 4.78 is 5.10. The van der Waals surface area contributed by atoms with Crippen LogP contribution in [0.5, 0.6) is 0 Å². The van der Waals surface area contributed by atoms with Crippen LogP contribution >= 0.6 is 11.3 Å². The third-order valence-corrected chi connectivity index (χ3v) is 6.27. The Kier molecular flexibility index (Phi) is 12.4. The molecule has 0 saturated heterocycles. The van der Waals surface area contributed by atoms with Gasteiger partial charge in [-0.25, -0.2) is 4.98 Å². The second kappa shape index (κ2) is 14.2. The molecule has 0 bridgehead atoms. The van der Waals surface area contributed by atoms with E-state index in [0.717, 1.165) is 23.5 Å². The van der Waals surface area contributed by atoms with Crippen LogP contribution in [0, 0.1) is 24.2 Å². The van der Waals surface area contributed by atoms with Crippen molar-refractivity contribution in [3.63, 3.8) is 0 Å². The van der Waals surface area contributed by atoms with Gasteiger partial charge in [-0.3, -0.25) is 9.59 Å². The molecule has 0 fully saturated rings. The average molecular weight is 462 g/mol. The summed E-state index contributed by atoms with van der Waals surface area (Å²) in [7, 11) is 0. The normalized spacial score (nSPS) is 27.3. The summed E-state index contributed by atoms with van der Waals surface area (Å²) >= 11 is 1.68. The number of carbonyl (C=O) groups is 2. The van der Waals surface area contributed by atoms with Crippen molar-refractivity contribution in [2.75, 3.05) is 6.61 Å². The van der Waals surface area contributed by atoms with Crippen molar-refractivity contribution in [2.45, 2.75) is 73.3 Å². The van der Waals surface area contributed by atoms with Crippen LogP contribution in [0.2, 0.25) is 0 Å². The van der Waals surface area contributed by atoms with E-state index in [0.29, 0.717) is 12.3 Å². The summed E-state index contributed by atoms with van der Waals surface area (Å²) in [5, 5.41) is 13.5. The Labute approximate surface area is 197 Å². The van der Waals surface area contributed by atoms with Crippen molar-refractivity contribution in [3.8, 4) is 0 Å².